The maximum absolute atomic E-state index is 13.5. The highest BCUT2D eigenvalue weighted by molar-refractivity contribution is 4.91. The minimum Gasteiger partial charge on any atom is -0.375 e. The standard InChI is InChI=1S/C18H31FO3/c1-17(2,19)11-12-20-18(3,4)13-16-21-14-9-7-5-6-8-10-15(14)22-16/h5-6,14-16H,7-13H2,1-4H3/b6-5+/t14-,15+,16?. The van der Waals surface area contributed by atoms with E-state index in [1.54, 1.807) is 13.8 Å². The summed E-state index contributed by atoms with van der Waals surface area (Å²) in [6.45, 7) is 7.62. The Morgan fingerprint density at radius 3 is 2.09 bits per heavy atom. The first kappa shape index (κ1) is 17.9. The van der Waals surface area contributed by atoms with E-state index in [4.69, 9.17) is 14.2 Å². The summed E-state index contributed by atoms with van der Waals surface area (Å²) in [5, 5.41) is 0. The van der Waals surface area contributed by atoms with Gasteiger partial charge >= 0.3 is 0 Å². The minimum atomic E-state index is -1.19. The lowest BCUT2D eigenvalue weighted by Gasteiger charge is -2.28. The summed E-state index contributed by atoms with van der Waals surface area (Å²) in [7, 11) is 0. The number of alkyl halides is 1. The van der Waals surface area contributed by atoms with Crippen LogP contribution in [0.2, 0.25) is 0 Å². The van der Waals surface area contributed by atoms with Gasteiger partial charge < -0.3 is 14.2 Å². The topological polar surface area (TPSA) is 27.7 Å². The highest BCUT2D eigenvalue weighted by Crippen LogP contribution is 2.32. The van der Waals surface area contributed by atoms with Crippen molar-refractivity contribution in [1.29, 1.82) is 0 Å². The molecule has 0 bridgehead atoms. The molecule has 0 saturated carbocycles. The van der Waals surface area contributed by atoms with Crippen LogP contribution >= 0.6 is 0 Å². The molecule has 3 atom stereocenters. The summed E-state index contributed by atoms with van der Waals surface area (Å²) in [6, 6.07) is 0. The van der Waals surface area contributed by atoms with Crippen molar-refractivity contribution >= 4 is 0 Å². The van der Waals surface area contributed by atoms with Crippen LogP contribution in [-0.4, -0.2) is 36.4 Å². The minimum absolute atomic E-state index is 0.204. The van der Waals surface area contributed by atoms with Crippen molar-refractivity contribution in [2.24, 2.45) is 0 Å². The number of hydrogen-bond donors (Lipinski definition) is 0. The number of rotatable bonds is 6. The second-order valence-corrected chi connectivity index (χ2v) is 7.69. The molecule has 1 aliphatic heterocycles. The summed E-state index contributed by atoms with van der Waals surface area (Å²) in [5.74, 6) is 0. The molecule has 128 valence electrons. The molecule has 4 heteroatoms. The molecule has 1 heterocycles. The van der Waals surface area contributed by atoms with Gasteiger partial charge in [0.2, 0.25) is 0 Å². The molecule has 3 nitrogen and oxygen atoms in total. The molecule has 0 N–H and O–H groups in total. The van der Waals surface area contributed by atoms with Gasteiger partial charge in [0.05, 0.1) is 24.4 Å². The highest BCUT2D eigenvalue weighted by atomic mass is 19.1. The van der Waals surface area contributed by atoms with Crippen LogP contribution < -0.4 is 0 Å². The third-order valence-corrected chi connectivity index (χ3v) is 4.32. The predicted octanol–water partition coefficient (Wildman–Crippen LogP) is 4.55. The molecule has 0 aromatic rings. The molecule has 2 rings (SSSR count). The van der Waals surface area contributed by atoms with Gasteiger partial charge in [-0.3, -0.25) is 0 Å². The molecular weight excluding hydrogens is 283 g/mol. The molecule has 0 spiro atoms. The Labute approximate surface area is 134 Å². The second kappa shape index (κ2) is 7.41. The average molecular weight is 314 g/mol. The summed E-state index contributed by atoms with van der Waals surface area (Å²) in [5.41, 5.74) is -1.55. The van der Waals surface area contributed by atoms with E-state index in [-0.39, 0.29) is 24.1 Å². The van der Waals surface area contributed by atoms with Crippen molar-refractivity contribution in [2.45, 2.75) is 96.0 Å². The van der Waals surface area contributed by atoms with E-state index in [1.807, 2.05) is 13.8 Å². The Morgan fingerprint density at radius 1 is 1.05 bits per heavy atom. The van der Waals surface area contributed by atoms with E-state index in [2.05, 4.69) is 12.2 Å². The summed E-state index contributed by atoms with van der Waals surface area (Å²) < 4.78 is 31.5. The Balaban J connectivity index is 1.78. The van der Waals surface area contributed by atoms with Gasteiger partial charge in [-0.15, -0.1) is 0 Å². The number of halogens is 1. The molecule has 1 fully saturated rings. The van der Waals surface area contributed by atoms with E-state index in [9.17, 15) is 4.39 Å². The van der Waals surface area contributed by atoms with E-state index in [0.29, 0.717) is 19.4 Å². The van der Waals surface area contributed by atoms with Crippen molar-refractivity contribution in [1.82, 2.24) is 0 Å². The maximum Gasteiger partial charge on any atom is 0.161 e. The Hall–Kier alpha value is -0.450. The van der Waals surface area contributed by atoms with Crippen LogP contribution in [0.25, 0.3) is 0 Å². The largest absolute Gasteiger partial charge is 0.375 e. The van der Waals surface area contributed by atoms with Crippen LogP contribution in [0.4, 0.5) is 4.39 Å². The molecule has 0 radical (unpaired) electrons. The first-order valence-corrected chi connectivity index (χ1v) is 8.54. The fourth-order valence-electron chi connectivity index (χ4n) is 2.99. The second-order valence-electron chi connectivity index (χ2n) is 7.69. The number of fused-ring (bicyclic) bond motifs is 1. The van der Waals surface area contributed by atoms with Gasteiger partial charge in [0.25, 0.3) is 0 Å². The van der Waals surface area contributed by atoms with Crippen LogP contribution in [0.3, 0.4) is 0 Å². The fraction of sp³-hybridized carbons (Fsp3) is 0.889. The quantitative estimate of drug-likeness (QED) is 0.673. The molecule has 1 aliphatic carbocycles. The SMILES string of the molecule is CC(C)(F)CCOC(C)(C)CC1O[C@H]2CC/C=C/CC[C@H]2O1. The van der Waals surface area contributed by atoms with Crippen LogP contribution in [0.15, 0.2) is 12.2 Å². The van der Waals surface area contributed by atoms with E-state index >= 15 is 0 Å². The van der Waals surface area contributed by atoms with Crippen molar-refractivity contribution in [3.63, 3.8) is 0 Å². The lowest BCUT2D eigenvalue weighted by atomic mass is 10.0. The smallest absolute Gasteiger partial charge is 0.161 e. The van der Waals surface area contributed by atoms with Crippen LogP contribution in [0, 0.1) is 0 Å². The predicted molar refractivity (Wildman–Crippen MR) is 85.6 cm³/mol. The molecular formula is C18H31FO3. The lowest BCUT2D eigenvalue weighted by Crippen LogP contribution is -2.32. The molecule has 0 aromatic carbocycles. The third-order valence-electron chi connectivity index (χ3n) is 4.32. The fourth-order valence-corrected chi connectivity index (χ4v) is 2.99. The summed E-state index contributed by atoms with van der Waals surface area (Å²) in [6.07, 6.45) is 9.92. The van der Waals surface area contributed by atoms with E-state index in [1.165, 1.54) is 0 Å². The van der Waals surface area contributed by atoms with Gasteiger partial charge in [0, 0.05) is 12.8 Å². The van der Waals surface area contributed by atoms with Crippen molar-refractivity contribution in [3.8, 4) is 0 Å². The van der Waals surface area contributed by atoms with Crippen LogP contribution in [-0.2, 0) is 14.2 Å². The zero-order valence-electron chi connectivity index (χ0n) is 14.4. The molecule has 1 unspecified atom stereocenters. The first-order valence-electron chi connectivity index (χ1n) is 8.54. The monoisotopic (exact) mass is 314 g/mol. The maximum atomic E-state index is 13.5. The number of hydrogen-bond acceptors (Lipinski definition) is 3. The zero-order valence-corrected chi connectivity index (χ0v) is 14.4. The normalized spacial score (nSPS) is 31.4. The molecule has 1 saturated heterocycles. The Kier molecular flexibility index (Phi) is 6.03. The van der Waals surface area contributed by atoms with Crippen LogP contribution in [0.1, 0.15) is 66.2 Å². The Morgan fingerprint density at radius 2 is 1.59 bits per heavy atom. The zero-order chi connectivity index (χ0) is 16.2. The van der Waals surface area contributed by atoms with Crippen molar-refractivity contribution in [3.05, 3.63) is 12.2 Å². The molecule has 0 aromatic heterocycles. The van der Waals surface area contributed by atoms with Crippen molar-refractivity contribution < 1.29 is 18.6 Å². The molecule has 22 heavy (non-hydrogen) atoms. The van der Waals surface area contributed by atoms with Crippen LogP contribution in [0.5, 0.6) is 0 Å². The average Bonchev–Trinajstić information content (AvgIpc) is 2.68. The first-order chi connectivity index (χ1) is 10.3. The van der Waals surface area contributed by atoms with Gasteiger partial charge in [-0.2, -0.15) is 0 Å². The summed E-state index contributed by atoms with van der Waals surface area (Å²) in [4.78, 5) is 0. The van der Waals surface area contributed by atoms with E-state index in [0.717, 1.165) is 25.7 Å². The molecule has 2 aliphatic rings. The van der Waals surface area contributed by atoms with Gasteiger partial charge in [0.1, 0.15) is 5.67 Å². The van der Waals surface area contributed by atoms with Gasteiger partial charge in [0.15, 0.2) is 6.29 Å². The number of allylic oxidation sites excluding steroid dienone is 2. The highest BCUT2D eigenvalue weighted by Gasteiger charge is 2.38. The third kappa shape index (κ3) is 5.98. The number of ether oxygens (including phenoxy) is 3. The van der Waals surface area contributed by atoms with Gasteiger partial charge in [-0.25, -0.2) is 4.39 Å². The van der Waals surface area contributed by atoms with Crippen molar-refractivity contribution in [2.75, 3.05) is 6.61 Å². The molecule has 0 amide bonds. The summed E-state index contributed by atoms with van der Waals surface area (Å²) >= 11 is 0. The van der Waals surface area contributed by atoms with Gasteiger partial charge in [-0.1, -0.05) is 12.2 Å². The van der Waals surface area contributed by atoms with Gasteiger partial charge in [-0.05, 0) is 53.4 Å². The lowest BCUT2D eigenvalue weighted by molar-refractivity contribution is -0.129. The Bertz CT molecular complexity index is 355. The van der Waals surface area contributed by atoms with E-state index < -0.39 is 5.67 Å².